The van der Waals surface area contributed by atoms with Gasteiger partial charge in [-0.25, -0.2) is 5.84 Å². The van der Waals surface area contributed by atoms with E-state index in [4.69, 9.17) is 5.84 Å². The predicted molar refractivity (Wildman–Crippen MR) is 67.7 cm³/mol. The Kier molecular flexibility index (Phi) is 7.34. The third kappa shape index (κ3) is 6.08. The number of carbonyl (C=O) groups is 1. The minimum absolute atomic E-state index is 0.0832. The summed E-state index contributed by atoms with van der Waals surface area (Å²) in [6.07, 6.45) is 1.35. The molecule has 0 aromatic heterocycles. The summed E-state index contributed by atoms with van der Waals surface area (Å²) in [7, 11) is 0. The zero-order valence-corrected chi connectivity index (χ0v) is 11.3. The molecule has 4 nitrogen and oxygen atoms in total. The van der Waals surface area contributed by atoms with Gasteiger partial charge in [0.1, 0.15) is 0 Å². The van der Waals surface area contributed by atoms with Crippen LogP contribution >= 0.6 is 0 Å². The van der Waals surface area contributed by atoms with Crippen molar-refractivity contribution in [3.05, 3.63) is 0 Å². The fourth-order valence-corrected chi connectivity index (χ4v) is 1.90. The van der Waals surface area contributed by atoms with Crippen LogP contribution in [0.15, 0.2) is 0 Å². The van der Waals surface area contributed by atoms with Crippen molar-refractivity contribution in [1.29, 1.82) is 0 Å². The third-order valence-electron chi connectivity index (χ3n) is 2.76. The van der Waals surface area contributed by atoms with Crippen molar-refractivity contribution in [3.8, 4) is 0 Å². The number of nitrogens with zero attached hydrogens (tertiary/aromatic N) is 1. The lowest BCUT2D eigenvalue weighted by Gasteiger charge is -2.34. The van der Waals surface area contributed by atoms with Gasteiger partial charge in [-0.15, -0.1) is 0 Å². The first-order valence-electron chi connectivity index (χ1n) is 6.13. The molecule has 3 N–H and O–H groups in total. The summed E-state index contributed by atoms with van der Waals surface area (Å²) in [6.45, 7) is 12.1. The summed E-state index contributed by atoms with van der Waals surface area (Å²) in [5.74, 6) is 5.62. The molecule has 16 heavy (non-hydrogen) atoms. The van der Waals surface area contributed by atoms with Gasteiger partial charge in [-0.2, -0.15) is 0 Å². The van der Waals surface area contributed by atoms with Crippen molar-refractivity contribution in [3.63, 3.8) is 0 Å². The smallest absolute Gasteiger partial charge is 0.233 e. The maximum absolute atomic E-state index is 11.1. The van der Waals surface area contributed by atoms with Crippen LogP contribution in [0.2, 0.25) is 0 Å². The average Bonchev–Trinajstić information content (AvgIpc) is 2.21. The molecule has 0 rings (SSSR count). The Morgan fingerprint density at radius 3 is 2.19 bits per heavy atom. The highest BCUT2D eigenvalue weighted by molar-refractivity contribution is 5.75. The number of amides is 1. The zero-order valence-electron chi connectivity index (χ0n) is 11.3. The fraction of sp³-hybridized carbons (Fsp3) is 0.917. The Hall–Kier alpha value is -0.610. The number of carbonyl (C=O) groups excluding carboxylic acids is 1. The normalized spacial score (nSPS) is 13.6. The molecule has 0 bridgehead atoms. The number of nitrogens with two attached hydrogens (primary N) is 1. The third-order valence-corrected chi connectivity index (χ3v) is 2.76. The van der Waals surface area contributed by atoms with Gasteiger partial charge >= 0.3 is 0 Å². The molecule has 0 saturated carbocycles. The standard InChI is InChI=1S/C12H27N3O/c1-9(2)8-15(10(3)4)11(5)6-7-12(16)14-13/h9-11H,6-8,13H2,1-5H3,(H,14,16). The number of nitrogens with one attached hydrogen (secondary N) is 1. The average molecular weight is 229 g/mol. The van der Waals surface area contributed by atoms with E-state index in [9.17, 15) is 4.79 Å². The van der Waals surface area contributed by atoms with E-state index in [1.54, 1.807) is 0 Å². The van der Waals surface area contributed by atoms with Gasteiger partial charge in [0.05, 0.1) is 0 Å². The van der Waals surface area contributed by atoms with Gasteiger partial charge < -0.3 is 0 Å². The first kappa shape index (κ1) is 15.4. The van der Waals surface area contributed by atoms with Gasteiger partial charge in [0.2, 0.25) is 5.91 Å². The zero-order chi connectivity index (χ0) is 12.7. The Balaban J connectivity index is 4.16. The molecule has 0 radical (unpaired) electrons. The van der Waals surface area contributed by atoms with Gasteiger partial charge in [0, 0.05) is 25.0 Å². The monoisotopic (exact) mass is 229 g/mol. The summed E-state index contributed by atoms with van der Waals surface area (Å²) in [5.41, 5.74) is 2.17. The lowest BCUT2D eigenvalue weighted by molar-refractivity contribution is -0.121. The fourth-order valence-electron chi connectivity index (χ4n) is 1.90. The van der Waals surface area contributed by atoms with Gasteiger partial charge in [0.25, 0.3) is 0 Å². The second-order valence-corrected chi connectivity index (χ2v) is 5.14. The van der Waals surface area contributed by atoms with E-state index >= 15 is 0 Å². The van der Waals surface area contributed by atoms with Crippen molar-refractivity contribution < 1.29 is 4.79 Å². The molecule has 0 saturated heterocycles. The minimum atomic E-state index is -0.0832. The van der Waals surface area contributed by atoms with Gasteiger partial charge in [-0.1, -0.05) is 13.8 Å². The summed E-state index contributed by atoms with van der Waals surface area (Å²) < 4.78 is 0. The van der Waals surface area contributed by atoms with Crippen LogP contribution in [0.3, 0.4) is 0 Å². The van der Waals surface area contributed by atoms with E-state index < -0.39 is 0 Å². The molecule has 1 atom stereocenters. The summed E-state index contributed by atoms with van der Waals surface area (Å²) in [6, 6.07) is 0.929. The Morgan fingerprint density at radius 2 is 1.81 bits per heavy atom. The van der Waals surface area contributed by atoms with E-state index in [1.165, 1.54) is 0 Å². The van der Waals surface area contributed by atoms with E-state index in [-0.39, 0.29) is 5.91 Å². The highest BCUT2D eigenvalue weighted by Crippen LogP contribution is 2.13. The van der Waals surface area contributed by atoms with E-state index in [1.807, 2.05) is 0 Å². The molecule has 0 fully saturated rings. The van der Waals surface area contributed by atoms with E-state index in [0.717, 1.165) is 13.0 Å². The molecular formula is C12H27N3O. The first-order chi connectivity index (χ1) is 7.38. The largest absolute Gasteiger partial charge is 0.298 e. The van der Waals surface area contributed by atoms with E-state index in [2.05, 4.69) is 44.9 Å². The van der Waals surface area contributed by atoms with Crippen molar-refractivity contribution in [2.75, 3.05) is 6.54 Å². The number of hydrogen-bond acceptors (Lipinski definition) is 3. The maximum Gasteiger partial charge on any atom is 0.233 e. The van der Waals surface area contributed by atoms with Crippen LogP contribution in [-0.2, 0) is 4.79 Å². The van der Waals surface area contributed by atoms with Crippen LogP contribution < -0.4 is 11.3 Å². The molecule has 4 heteroatoms. The van der Waals surface area contributed by atoms with Gasteiger partial charge in [-0.05, 0) is 33.1 Å². The second-order valence-electron chi connectivity index (χ2n) is 5.14. The van der Waals surface area contributed by atoms with Crippen LogP contribution in [0.5, 0.6) is 0 Å². The van der Waals surface area contributed by atoms with Crippen molar-refractivity contribution in [2.45, 2.75) is 59.5 Å². The molecule has 0 aliphatic rings. The van der Waals surface area contributed by atoms with Crippen LogP contribution in [0.4, 0.5) is 0 Å². The summed E-state index contributed by atoms with van der Waals surface area (Å²) in [5, 5.41) is 0. The van der Waals surface area contributed by atoms with Crippen LogP contribution in [0.1, 0.15) is 47.5 Å². The minimum Gasteiger partial charge on any atom is -0.298 e. The topological polar surface area (TPSA) is 58.4 Å². The van der Waals surface area contributed by atoms with Crippen molar-refractivity contribution in [2.24, 2.45) is 11.8 Å². The van der Waals surface area contributed by atoms with Crippen molar-refractivity contribution in [1.82, 2.24) is 10.3 Å². The quantitative estimate of drug-likeness (QED) is 0.395. The number of hydrazine groups is 1. The molecule has 0 spiro atoms. The van der Waals surface area contributed by atoms with Crippen LogP contribution in [-0.4, -0.2) is 29.4 Å². The molecular weight excluding hydrogens is 202 g/mol. The van der Waals surface area contributed by atoms with Gasteiger partial charge in [0.15, 0.2) is 0 Å². The molecule has 0 aromatic rings. The maximum atomic E-state index is 11.1. The molecule has 0 heterocycles. The number of rotatable bonds is 7. The highest BCUT2D eigenvalue weighted by atomic mass is 16.2. The van der Waals surface area contributed by atoms with Crippen LogP contribution in [0.25, 0.3) is 0 Å². The Bertz CT molecular complexity index is 204. The van der Waals surface area contributed by atoms with Crippen LogP contribution in [0, 0.1) is 5.92 Å². The molecule has 1 amide bonds. The highest BCUT2D eigenvalue weighted by Gasteiger charge is 2.18. The van der Waals surface area contributed by atoms with Crippen molar-refractivity contribution >= 4 is 5.91 Å². The Labute approximate surface area is 99.5 Å². The number of hydrogen-bond donors (Lipinski definition) is 2. The molecule has 0 aliphatic heterocycles. The van der Waals surface area contributed by atoms with E-state index in [0.29, 0.717) is 24.4 Å². The molecule has 0 aliphatic carbocycles. The van der Waals surface area contributed by atoms with Gasteiger partial charge in [-0.3, -0.25) is 15.1 Å². The molecule has 1 unspecified atom stereocenters. The lowest BCUT2D eigenvalue weighted by atomic mass is 10.1. The second kappa shape index (κ2) is 7.63. The predicted octanol–water partition coefficient (Wildman–Crippen LogP) is 1.51. The SMILES string of the molecule is CC(C)CN(C(C)C)C(C)CCC(=O)NN. The Morgan fingerprint density at radius 1 is 1.25 bits per heavy atom. The lowest BCUT2D eigenvalue weighted by Crippen LogP contribution is -2.42. The summed E-state index contributed by atoms with van der Waals surface area (Å²) in [4.78, 5) is 13.5. The summed E-state index contributed by atoms with van der Waals surface area (Å²) >= 11 is 0. The first-order valence-corrected chi connectivity index (χ1v) is 6.13. The molecule has 96 valence electrons. The molecule has 0 aromatic carbocycles.